The Hall–Kier alpha value is 0.0621. The molecular formula is C8H14N2Pb. The molecule has 1 aromatic rings. The summed E-state index contributed by atoms with van der Waals surface area (Å²) in [6.07, 6.45) is 0. The average molecular weight is 345 g/mol. The quantitative estimate of drug-likeness (QED) is 0.723. The summed E-state index contributed by atoms with van der Waals surface area (Å²) in [5.41, 5.74) is 13.1. The summed E-state index contributed by atoms with van der Waals surface area (Å²) >= 11 is 0. The van der Waals surface area contributed by atoms with Crippen LogP contribution in [0.25, 0.3) is 0 Å². The van der Waals surface area contributed by atoms with Gasteiger partial charge in [-0.3, -0.25) is 0 Å². The number of hydrogen-bond acceptors (Lipinski definition) is 2. The van der Waals surface area contributed by atoms with E-state index in [1.165, 1.54) is 0 Å². The van der Waals surface area contributed by atoms with E-state index in [0.29, 0.717) is 13.1 Å². The van der Waals surface area contributed by atoms with Gasteiger partial charge in [0.05, 0.1) is 0 Å². The average Bonchev–Trinajstić information content (AvgIpc) is 2.05. The first-order chi connectivity index (χ1) is 4.86. The van der Waals surface area contributed by atoms with E-state index in [1.54, 1.807) is 0 Å². The molecule has 0 bridgehead atoms. The molecule has 0 aliphatic heterocycles. The van der Waals surface area contributed by atoms with Gasteiger partial charge in [-0.05, 0) is 11.1 Å². The summed E-state index contributed by atoms with van der Waals surface area (Å²) in [5.74, 6) is 0. The maximum absolute atomic E-state index is 5.43. The third kappa shape index (κ3) is 3.31. The number of hydrogen-bond donors (Lipinski definition) is 2. The molecule has 4 N–H and O–H groups in total. The standard InChI is InChI=1S/C8H12N2.Pb.2H/c9-5-7-2-1-3-8(4-7)6-10;;;/h1-4H,5-6,9-10H2;;;. The first-order valence-electron chi connectivity index (χ1n) is 3.34. The van der Waals surface area contributed by atoms with Crippen molar-refractivity contribution in [3.63, 3.8) is 0 Å². The zero-order valence-corrected chi connectivity index (χ0v) is 12.1. The van der Waals surface area contributed by atoms with Gasteiger partial charge in [-0.2, -0.15) is 0 Å². The Morgan fingerprint density at radius 3 is 1.82 bits per heavy atom. The molecule has 0 aromatic heterocycles. The van der Waals surface area contributed by atoms with E-state index in [1.807, 2.05) is 24.3 Å². The second-order valence-corrected chi connectivity index (χ2v) is 2.23. The van der Waals surface area contributed by atoms with Crippen LogP contribution in [0.1, 0.15) is 11.1 Å². The molecular weight excluding hydrogens is 331 g/mol. The van der Waals surface area contributed by atoms with Crippen LogP contribution in [-0.4, -0.2) is 27.3 Å². The first-order valence-corrected chi connectivity index (χ1v) is 3.34. The summed E-state index contributed by atoms with van der Waals surface area (Å²) in [4.78, 5) is 0. The minimum absolute atomic E-state index is 0. The number of nitrogens with two attached hydrogens (primary N) is 2. The molecule has 11 heavy (non-hydrogen) atoms. The van der Waals surface area contributed by atoms with Gasteiger partial charge in [0, 0.05) is 13.1 Å². The molecule has 0 heterocycles. The number of benzene rings is 1. The predicted molar refractivity (Wildman–Crippen MR) is 50.8 cm³/mol. The zero-order valence-electron chi connectivity index (χ0n) is 6.59. The summed E-state index contributed by atoms with van der Waals surface area (Å²) in [7, 11) is 0. The second-order valence-electron chi connectivity index (χ2n) is 2.23. The van der Waals surface area contributed by atoms with E-state index in [2.05, 4.69) is 0 Å². The fourth-order valence-electron chi connectivity index (χ4n) is 0.884. The molecule has 0 unspecified atom stereocenters. The van der Waals surface area contributed by atoms with Crippen molar-refractivity contribution in [1.29, 1.82) is 0 Å². The van der Waals surface area contributed by atoms with Crippen LogP contribution in [-0.2, 0) is 13.1 Å². The monoisotopic (exact) mass is 346 g/mol. The van der Waals surface area contributed by atoms with Gasteiger partial charge >= 0.3 is 27.3 Å². The molecule has 0 atom stereocenters. The molecule has 0 aliphatic rings. The second kappa shape index (κ2) is 5.68. The van der Waals surface area contributed by atoms with Crippen molar-refractivity contribution in [3.8, 4) is 0 Å². The van der Waals surface area contributed by atoms with Crippen LogP contribution in [0.2, 0.25) is 0 Å². The zero-order chi connectivity index (χ0) is 7.40. The minimum atomic E-state index is 0. The Bertz CT molecular complexity index is 194. The van der Waals surface area contributed by atoms with Crippen LogP contribution < -0.4 is 11.5 Å². The van der Waals surface area contributed by atoms with E-state index in [-0.39, 0.29) is 27.3 Å². The van der Waals surface area contributed by atoms with Gasteiger partial charge in [-0.15, -0.1) is 0 Å². The molecule has 0 spiro atoms. The molecule has 3 heteroatoms. The Morgan fingerprint density at radius 2 is 1.45 bits per heavy atom. The van der Waals surface area contributed by atoms with Gasteiger partial charge in [0.1, 0.15) is 0 Å². The summed E-state index contributed by atoms with van der Waals surface area (Å²) in [6, 6.07) is 8.00. The number of rotatable bonds is 2. The fraction of sp³-hybridized carbons (Fsp3) is 0.250. The molecule has 1 rings (SSSR count). The van der Waals surface area contributed by atoms with Gasteiger partial charge in [0.2, 0.25) is 0 Å². The maximum atomic E-state index is 5.43. The molecule has 1 aromatic carbocycles. The van der Waals surface area contributed by atoms with Gasteiger partial charge in [0.25, 0.3) is 0 Å². The van der Waals surface area contributed by atoms with Gasteiger partial charge in [0.15, 0.2) is 0 Å². The first kappa shape index (κ1) is 11.1. The summed E-state index contributed by atoms with van der Waals surface area (Å²) in [6.45, 7) is 1.18. The van der Waals surface area contributed by atoms with Crippen molar-refractivity contribution in [3.05, 3.63) is 35.4 Å². The van der Waals surface area contributed by atoms with E-state index in [4.69, 9.17) is 11.5 Å². The SMILES string of the molecule is NCc1cccc(CN)c1.[PbH2]. The van der Waals surface area contributed by atoms with Gasteiger partial charge < -0.3 is 11.5 Å². The summed E-state index contributed by atoms with van der Waals surface area (Å²) < 4.78 is 0. The van der Waals surface area contributed by atoms with Crippen molar-refractivity contribution in [2.75, 3.05) is 0 Å². The van der Waals surface area contributed by atoms with Crippen LogP contribution >= 0.6 is 0 Å². The van der Waals surface area contributed by atoms with Crippen molar-refractivity contribution in [2.24, 2.45) is 11.5 Å². The van der Waals surface area contributed by atoms with Crippen molar-refractivity contribution >= 4 is 27.3 Å². The van der Waals surface area contributed by atoms with Gasteiger partial charge in [-0.25, -0.2) is 0 Å². The van der Waals surface area contributed by atoms with E-state index in [9.17, 15) is 0 Å². The van der Waals surface area contributed by atoms with E-state index in [0.717, 1.165) is 11.1 Å². The molecule has 60 valence electrons. The normalized spacial score (nSPS) is 8.91. The molecule has 0 saturated heterocycles. The van der Waals surface area contributed by atoms with Crippen LogP contribution in [0.5, 0.6) is 0 Å². The molecule has 0 saturated carbocycles. The van der Waals surface area contributed by atoms with Gasteiger partial charge in [-0.1, -0.05) is 24.3 Å². The van der Waals surface area contributed by atoms with Crippen LogP contribution in [0, 0.1) is 0 Å². The van der Waals surface area contributed by atoms with E-state index >= 15 is 0 Å². The van der Waals surface area contributed by atoms with Crippen LogP contribution in [0.15, 0.2) is 24.3 Å². The Morgan fingerprint density at radius 1 is 1.00 bits per heavy atom. The molecule has 0 aliphatic carbocycles. The Balaban J connectivity index is 0.000001000. The Kier molecular flexibility index (Phi) is 5.71. The molecule has 0 fully saturated rings. The van der Waals surface area contributed by atoms with Crippen molar-refractivity contribution in [1.82, 2.24) is 0 Å². The summed E-state index contributed by atoms with van der Waals surface area (Å²) in [5, 5.41) is 0. The van der Waals surface area contributed by atoms with Crippen LogP contribution in [0.4, 0.5) is 0 Å². The molecule has 2 radical (unpaired) electrons. The van der Waals surface area contributed by atoms with E-state index < -0.39 is 0 Å². The van der Waals surface area contributed by atoms with Crippen LogP contribution in [0.3, 0.4) is 0 Å². The topological polar surface area (TPSA) is 52.0 Å². The Labute approximate surface area is 87.1 Å². The predicted octanol–water partition coefficient (Wildman–Crippen LogP) is -0.312. The fourth-order valence-corrected chi connectivity index (χ4v) is 0.884. The van der Waals surface area contributed by atoms with Crippen molar-refractivity contribution < 1.29 is 0 Å². The molecule has 2 nitrogen and oxygen atoms in total. The van der Waals surface area contributed by atoms with Crippen molar-refractivity contribution in [2.45, 2.75) is 13.1 Å². The molecule has 0 amide bonds. The third-order valence-corrected chi connectivity index (χ3v) is 1.46. The third-order valence-electron chi connectivity index (χ3n) is 1.46.